The molecule has 0 radical (unpaired) electrons. The second-order valence-corrected chi connectivity index (χ2v) is 16.5. The summed E-state index contributed by atoms with van der Waals surface area (Å²) in [5.41, 5.74) is 2.04. The number of nitriles is 3. The minimum absolute atomic E-state index is 0.146. The lowest BCUT2D eigenvalue weighted by atomic mass is 9.91. The maximum Gasteiger partial charge on any atom is 0.280 e. The molecule has 0 fully saturated rings. The minimum atomic E-state index is -0.166. The normalized spacial score (nSPS) is 13.2. The number of hydrogen-bond donors (Lipinski definition) is 0. The highest BCUT2D eigenvalue weighted by Gasteiger charge is 2.24. The van der Waals surface area contributed by atoms with E-state index in [1.807, 2.05) is 12.1 Å². The van der Waals surface area contributed by atoms with Gasteiger partial charge in [0.1, 0.15) is 0 Å². The monoisotopic (exact) mass is 730 g/mol. The first-order valence-electron chi connectivity index (χ1n) is 16.9. The van der Waals surface area contributed by atoms with Crippen LogP contribution in [-0.2, 0) is 12.8 Å². The lowest BCUT2D eigenvalue weighted by Crippen LogP contribution is -2.04. The van der Waals surface area contributed by atoms with Crippen molar-refractivity contribution in [2.45, 2.75) is 91.9 Å². The van der Waals surface area contributed by atoms with Gasteiger partial charge in [-0.05, 0) is 60.1 Å². The summed E-state index contributed by atoms with van der Waals surface area (Å²) in [4.78, 5) is 16.1. The van der Waals surface area contributed by atoms with Gasteiger partial charge in [-0.15, -0.1) is 45.3 Å². The molecule has 0 spiro atoms. The molecule has 4 heterocycles. The summed E-state index contributed by atoms with van der Waals surface area (Å²) in [6.45, 7) is 31.7. The lowest BCUT2D eigenvalue weighted by Gasteiger charge is -2.14. The Morgan fingerprint density at radius 1 is 0.620 bits per heavy atom. The van der Waals surface area contributed by atoms with E-state index in [0.29, 0.717) is 11.8 Å². The molecule has 4 aromatic rings. The Morgan fingerprint density at radius 2 is 1.08 bits per heavy atom. The van der Waals surface area contributed by atoms with Crippen molar-refractivity contribution in [1.29, 1.82) is 15.8 Å². The largest absolute Gasteiger partial charge is 0.280 e. The van der Waals surface area contributed by atoms with Crippen molar-refractivity contribution in [3.05, 3.63) is 90.8 Å². The quantitative estimate of drug-likeness (QED) is 0.0849. The van der Waals surface area contributed by atoms with Gasteiger partial charge in [0.25, 0.3) is 11.4 Å². The smallest absolute Gasteiger partial charge is 0.248 e. The molecule has 0 aliphatic rings. The molecule has 2 atom stereocenters. The average molecular weight is 731 g/mol. The molecule has 0 amide bonds. The van der Waals surface area contributed by atoms with Gasteiger partial charge in [0.15, 0.2) is 0 Å². The summed E-state index contributed by atoms with van der Waals surface area (Å²) < 4.78 is 2.26. The first-order valence-corrected chi connectivity index (χ1v) is 20.2. The van der Waals surface area contributed by atoms with Crippen molar-refractivity contribution in [3.63, 3.8) is 0 Å². The number of allylic oxidation sites excluding steroid dienone is 3. The Hall–Kier alpha value is -4.52. The van der Waals surface area contributed by atoms with Crippen LogP contribution in [0.1, 0.15) is 99.9 Å². The van der Waals surface area contributed by atoms with Gasteiger partial charge in [0.2, 0.25) is 5.70 Å². The van der Waals surface area contributed by atoms with Gasteiger partial charge < -0.3 is 0 Å². The first-order chi connectivity index (χ1) is 24.3. The molecule has 0 saturated carbocycles. The summed E-state index contributed by atoms with van der Waals surface area (Å²) >= 11 is 6.35. The third-order valence-corrected chi connectivity index (χ3v) is 14.0. The minimum Gasteiger partial charge on any atom is -0.248 e. The molecule has 4 rings (SSSR count). The molecule has 0 aromatic carbocycles. The first kappa shape index (κ1) is 38.3. The number of unbranched alkanes of at least 4 members (excludes halogenated alkanes) is 2. The van der Waals surface area contributed by atoms with Crippen LogP contribution in [0.25, 0.3) is 54.7 Å². The van der Waals surface area contributed by atoms with E-state index >= 15 is 0 Å². The van der Waals surface area contributed by atoms with Crippen molar-refractivity contribution < 1.29 is 0 Å². The predicted molar refractivity (Wildman–Crippen MR) is 211 cm³/mol. The molecule has 0 aliphatic heterocycles. The summed E-state index contributed by atoms with van der Waals surface area (Å²) in [5, 5.41) is 29.3. The number of thiophene rings is 4. The molecular formula is C40H38N6S4. The highest BCUT2D eigenvalue weighted by atomic mass is 32.1. The zero-order chi connectivity index (χ0) is 36.2. The van der Waals surface area contributed by atoms with Crippen LogP contribution in [0.2, 0.25) is 0 Å². The Balaban J connectivity index is 1.78. The van der Waals surface area contributed by atoms with Crippen molar-refractivity contribution in [2.24, 2.45) is 11.8 Å². The van der Waals surface area contributed by atoms with Gasteiger partial charge in [-0.1, -0.05) is 79.1 Å². The second kappa shape index (κ2) is 18.5. The maximum absolute atomic E-state index is 10.1. The van der Waals surface area contributed by atoms with Gasteiger partial charge in [-0.25, -0.2) is 25.1 Å². The van der Waals surface area contributed by atoms with Crippen LogP contribution in [0.4, 0.5) is 0 Å². The Kier molecular flexibility index (Phi) is 14.1. The molecule has 4 aromatic heterocycles. The highest BCUT2D eigenvalue weighted by Crippen LogP contribution is 2.48. The number of rotatable bonds is 16. The summed E-state index contributed by atoms with van der Waals surface area (Å²) in [6, 6.07) is 14.7. The van der Waals surface area contributed by atoms with Crippen LogP contribution in [0.5, 0.6) is 0 Å². The summed E-state index contributed by atoms with van der Waals surface area (Å²) in [6.07, 6.45) is 10.4. The SMILES string of the molecule is [C-]#[N+]/C(C#N)=C(/C#N)c1sc(-c2cc3sc(-c4cc(CC(CC)CCCC)c(/C([N+]#[C-])=C(\C#N)[N+]#[C-])s4)cc3s2)cc1CC(CC)CCCC. The van der Waals surface area contributed by atoms with E-state index in [0.717, 1.165) is 114 Å². The standard InChI is InChI=1S/C40H38N6S4/c1-8-12-14-25(10-3)16-27-18-32(49-39(27)29(22-41)30(23-42)44-5)34-20-36-37(47-34)21-35(48-36)33-19-28(17-26(11-4)15-13-9-2)40(50-33)38(46-7)31(24-43)45-6/h18-21,25-26H,8-17H2,1-4H3/b30-29-,38-31-. The van der Waals surface area contributed by atoms with Crippen LogP contribution < -0.4 is 0 Å². The van der Waals surface area contributed by atoms with Crippen LogP contribution in [0.3, 0.4) is 0 Å². The van der Waals surface area contributed by atoms with E-state index in [1.165, 1.54) is 22.7 Å². The van der Waals surface area contributed by atoms with E-state index in [9.17, 15) is 15.8 Å². The van der Waals surface area contributed by atoms with Gasteiger partial charge >= 0.3 is 0 Å². The molecule has 0 aliphatic carbocycles. The molecule has 10 heteroatoms. The van der Waals surface area contributed by atoms with Crippen LogP contribution >= 0.6 is 45.3 Å². The van der Waals surface area contributed by atoms with E-state index in [-0.39, 0.29) is 22.7 Å². The fourth-order valence-corrected chi connectivity index (χ4v) is 11.0. The van der Waals surface area contributed by atoms with Crippen molar-refractivity contribution in [1.82, 2.24) is 0 Å². The van der Waals surface area contributed by atoms with E-state index < -0.39 is 0 Å². The van der Waals surface area contributed by atoms with Gasteiger partial charge in [-0.2, -0.15) is 5.26 Å². The average Bonchev–Trinajstić information content (AvgIpc) is 3.92. The zero-order valence-electron chi connectivity index (χ0n) is 28.9. The molecule has 50 heavy (non-hydrogen) atoms. The molecule has 252 valence electrons. The Morgan fingerprint density at radius 3 is 1.48 bits per heavy atom. The fraction of sp³-hybridized carbons (Fsp3) is 0.400. The Bertz CT molecular complexity index is 1950. The summed E-state index contributed by atoms with van der Waals surface area (Å²) in [7, 11) is 0. The van der Waals surface area contributed by atoms with Gasteiger partial charge in [0, 0.05) is 38.7 Å². The molecule has 2 unspecified atom stereocenters. The Labute approximate surface area is 312 Å². The van der Waals surface area contributed by atoms with Crippen molar-refractivity contribution in [2.75, 3.05) is 0 Å². The molecule has 6 nitrogen and oxygen atoms in total. The van der Waals surface area contributed by atoms with Gasteiger partial charge in [-0.3, -0.25) is 0 Å². The maximum atomic E-state index is 10.1. The van der Waals surface area contributed by atoms with Crippen molar-refractivity contribution in [3.8, 4) is 37.7 Å². The molecule has 0 bridgehead atoms. The van der Waals surface area contributed by atoms with E-state index in [2.05, 4.69) is 72.6 Å². The van der Waals surface area contributed by atoms with Crippen LogP contribution in [0.15, 0.2) is 35.7 Å². The predicted octanol–water partition coefficient (Wildman–Crippen LogP) is 13.6. The highest BCUT2D eigenvalue weighted by molar-refractivity contribution is 7.33. The zero-order valence-corrected chi connectivity index (χ0v) is 32.1. The van der Waals surface area contributed by atoms with Crippen molar-refractivity contribution >= 4 is 66.0 Å². The molecule has 0 saturated heterocycles. The fourth-order valence-electron chi connectivity index (χ4n) is 6.09. The van der Waals surface area contributed by atoms with Crippen LogP contribution in [-0.4, -0.2) is 0 Å². The number of fused-ring (bicyclic) bond motifs is 1. The third kappa shape index (κ3) is 8.61. The third-order valence-electron chi connectivity index (χ3n) is 8.98. The van der Waals surface area contributed by atoms with E-state index in [4.69, 9.17) is 19.7 Å². The van der Waals surface area contributed by atoms with Crippen LogP contribution in [0, 0.1) is 65.5 Å². The second-order valence-electron chi connectivity index (χ2n) is 12.2. The molecular weight excluding hydrogens is 693 g/mol. The summed E-state index contributed by atoms with van der Waals surface area (Å²) in [5.74, 6) is 0.923. The van der Waals surface area contributed by atoms with Gasteiger partial charge in [0.05, 0.1) is 43.5 Å². The number of nitrogens with zero attached hydrogens (tertiary/aromatic N) is 6. The van der Waals surface area contributed by atoms with E-state index in [1.54, 1.807) is 22.7 Å². The number of hydrogen-bond acceptors (Lipinski definition) is 7. The lowest BCUT2D eigenvalue weighted by molar-refractivity contribution is 0.449. The molecule has 0 N–H and O–H groups in total. The topological polar surface area (TPSA) is 84.5 Å².